The van der Waals surface area contributed by atoms with Gasteiger partial charge in [0.05, 0.1) is 6.10 Å². The fourth-order valence-corrected chi connectivity index (χ4v) is 2.93. The molecule has 5 nitrogen and oxygen atoms in total. The van der Waals surface area contributed by atoms with Crippen molar-refractivity contribution in [1.82, 2.24) is 10.3 Å². The van der Waals surface area contributed by atoms with Crippen LogP contribution in [0.3, 0.4) is 0 Å². The molecule has 0 aliphatic carbocycles. The number of hydrogen-bond donors (Lipinski definition) is 2. The van der Waals surface area contributed by atoms with Gasteiger partial charge in [0.1, 0.15) is 10.7 Å². The minimum absolute atomic E-state index is 0.241. The zero-order valence-electron chi connectivity index (χ0n) is 12.9. The Morgan fingerprint density at radius 3 is 2.43 bits per heavy atom. The Morgan fingerprint density at radius 2 is 1.87 bits per heavy atom. The van der Waals surface area contributed by atoms with Crippen molar-refractivity contribution in [2.24, 2.45) is 0 Å². The summed E-state index contributed by atoms with van der Waals surface area (Å²) in [6, 6.07) is 7.23. The molecule has 0 bridgehead atoms. The van der Waals surface area contributed by atoms with Crippen LogP contribution in [0.1, 0.15) is 30.2 Å². The highest BCUT2D eigenvalue weighted by atomic mass is 32.2. The number of nitrogens with zero attached hydrogens (tertiary/aromatic N) is 1. The van der Waals surface area contributed by atoms with E-state index in [-0.39, 0.29) is 17.5 Å². The molecule has 1 aromatic carbocycles. The second kappa shape index (κ2) is 7.16. The van der Waals surface area contributed by atoms with Gasteiger partial charge >= 0.3 is 0 Å². The molecule has 0 spiro atoms. The highest BCUT2D eigenvalue weighted by Crippen LogP contribution is 2.21. The van der Waals surface area contributed by atoms with Gasteiger partial charge in [-0.15, -0.1) is 0 Å². The van der Waals surface area contributed by atoms with Crippen molar-refractivity contribution in [3.8, 4) is 0 Å². The molecule has 0 fully saturated rings. The van der Waals surface area contributed by atoms with Gasteiger partial charge in [-0.2, -0.15) is 0 Å². The third-order valence-corrected chi connectivity index (χ3v) is 4.69. The molecule has 0 saturated carbocycles. The average molecular weight is 338 g/mol. The van der Waals surface area contributed by atoms with E-state index < -0.39 is 21.8 Å². The average Bonchev–Trinajstić information content (AvgIpc) is 2.51. The molecular weight excluding hydrogens is 319 g/mol. The number of nitrogens with one attached hydrogen (secondary N) is 1. The first kappa shape index (κ1) is 17.5. The summed E-state index contributed by atoms with van der Waals surface area (Å²) in [7, 11) is -3.58. The Kier molecular flexibility index (Phi) is 5.46. The van der Waals surface area contributed by atoms with Crippen molar-refractivity contribution in [2.75, 3.05) is 12.8 Å². The van der Waals surface area contributed by atoms with E-state index in [4.69, 9.17) is 0 Å². The van der Waals surface area contributed by atoms with Crippen molar-refractivity contribution < 1.29 is 17.9 Å². The van der Waals surface area contributed by atoms with Crippen LogP contribution in [-0.4, -0.2) is 31.3 Å². The molecular formula is C16H19FN2O3S. The summed E-state index contributed by atoms with van der Waals surface area (Å²) in [5.41, 5.74) is 1.34. The largest absolute Gasteiger partial charge is 0.387 e. The van der Waals surface area contributed by atoms with Gasteiger partial charge in [0, 0.05) is 31.2 Å². The molecule has 2 rings (SSSR count). The van der Waals surface area contributed by atoms with Crippen molar-refractivity contribution in [1.29, 1.82) is 0 Å². The van der Waals surface area contributed by atoms with E-state index in [1.165, 1.54) is 12.1 Å². The fourth-order valence-electron chi connectivity index (χ4n) is 2.20. The lowest BCUT2D eigenvalue weighted by Gasteiger charge is -2.18. The van der Waals surface area contributed by atoms with Gasteiger partial charge in [0.25, 0.3) is 0 Å². The van der Waals surface area contributed by atoms with E-state index in [0.29, 0.717) is 5.56 Å². The second-order valence-electron chi connectivity index (χ2n) is 5.39. The number of aromatic nitrogens is 1. The maximum absolute atomic E-state index is 13.9. The molecule has 0 saturated heterocycles. The van der Waals surface area contributed by atoms with Crippen LogP contribution in [0.2, 0.25) is 0 Å². The van der Waals surface area contributed by atoms with Crippen LogP contribution in [0.25, 0.3) is 0 Å². The zero-order valence-corrected chi connectivity index (χ0v) is 13.7. The van der Waals surface area contributed by atoms with Gasteiger partial charge in [-0.1, -0.05) is 6.07 Å². The first-order valence-electron chi connectivity index (χ1n) is 7.10. The maximum atomic E-state index is 13.9. The number of pyridine rings is 1. The van der Waals surface area contributed by atoms with Crippen LogP contribution >= 0.6 is 0 Å². The minimum Gasteiger partial charge on any atom is -0.387 e. The van der Waals surface area contributed by atoms with E-state index in [0.717, 1.165) is 11.8 Å². The SMILES string of the molecule is CC(NCC(O)c1ccncc1)c1ccc(S(C)(=O)=O)c(F)c1. The molecule has 0 radical (unpaired) electrons. The number of sulfone groups is 1. The number of aliphatic hydroxyl groups excluding tert-OH is 1. The summed E-state index contributed by atoms with van der Waals surface area (Å²) in [6.07, 6.45) is 3.46. The quantitative estimate of drug-likeness (QED) is 0.842. The van der Waals surface area contributed by atoms with Gasteiger partial charge in [-0.05, 0) is 42.3 Å². The molecule has 2 atom stereocenters. The predicted octanol–water partition coefficient (Wildman–Crippen LogP) is 2.01. The van der Waals surface area contributed by atoms with Gasteiger partial charge < -0.3 is 10.4 Å². The van der Waals surface area contributed by atoms with Crippen LogP contribution < -0.4 is 5.32 Å². The van der Waals surface area contributed by atoms with Crippen LogP contribution in [-0.2, 0) is 9.84 Å². The van der Waals surface area contributed by atoms with Gasteiger partial charge in [-0.3, -0.25) is 4.98 Å². The van der Waals surface area contributed by atoms with Gasteiger partial charge in [0.2, 0.25) is 0 Å². The fraction of sp³-hybridized carbons (Fsp3) is 0.312. The highest BCUT2D eigenvalue weighted by molar-refractivity contribution is 7.90. The van der Waals surface area contributed by atoms with E-state index in [1.807, 2.05) is 6.92 Å². The van der Waals surface area contributed by atoms with Crippen molar-refractivity contribution in [2.45, 2.75) is 24.0 Å². The lowest BCUT2D eigenvalue weighted by Crippen LogP contribution is -2.25. The molecule has 0 aliphatic heterocycles. The Hall–Kier alpha value is -1.83. The van der Waals surface area contributed by atoms with E-state index in [2.05, 4.69) is 10.3 Å². The summed E-state index contributed by atoms with van der Waals surface area (Å²) in [6.45, 7) is 2.09. The lowest BCUT2D eigenvalue weighted by atomic mass is 10.1. The zero-order chi connectivity index (χ0) is 17.0. The Labute approximate surface area is 135 Å². The summed E-state index contributed by atoms with van der Waals surface area (Å²) >= 11 is 0. The van der Waals surface area contributed by atoms with E-state index in [1.54, 1.807) is 30.6 Å². The number of halogens is 1. The van der Waals surface area contributed by atoms with E-state index in [9.17, 15) is 17.9 Å². The number of aliphatic hydroxyl groups is 1. The molecule has 0 aliphatic rings. The van der Waals surface area contributed by atoms with Crippen molar-refractivity contribution in [3.63, 3.8) is 0 Å². The molecule has 124 valence electrons. The Bertz CT molecular complexity index is 766. The van der Waals surface area contributed by atoms with Gasteiger partial charge in [-0.25, -0.2) is 12.8 Å². The molecule has 23 heavy (non-hydrogen) atoms. The number of rotatable bonds is 6. The summed E-state index contributed by atoms with van der Waals surface area (Å²) in [4.78, 5) is 3.57. The smallest absolute Gasteiger partial charge is 0.178 e. The molecule has 1 heterocycles. The Balaban J connectivity index is 2.04. The summed E-state index contributed by atoms with van der Waals surface area (Å²) in [5, 5.41) is 13.2. The van der Waals surface area contributed by atoms with E-state index >= 15 is 0 Å². The monoisotopic (exact) mass is 338 g/mol. The normalized spacial score (nSPS) is 14.4. The first-order valence-corrected chi connectivity index (χ1v) is 8.99. The molecule has 7 heteroatoms. The molecule has 2 unspecified atom stereocenters. The van der Waals surface area contributed by atoms with Crippen molar-refractivity contribution in [3.05, 3.63) is 59.7 Å². The standard InChI is InChI=1S/C16H19FN2O3S/c1-11(19-10-15(20)12-5-7-18-8-6-12)13-3-4-16(14(17)9-13)23(2,21)22/h3-9,11,15,19-20H,10H2,1-2H3. The Morgan fingerprint density at radius 1 is 1.22 bits per heavy atom. The first-order chi connectivity index (χ1) is 10.8. The number of hydrogen-bond acceptors (Lipinski definition) is 5. The highest BCUT2D eigenvalue weighted by Gasteiger charge is 2.16. The summed E-state index contributed by atoms with van der Waals surface area (Å²) in [5.74, 6) is -0.770. The summed E-state index contributed by atoms with van der Waals surface area (Å²) < 4.78 is 36.7. The molecule has 1 aromatic heterocycles. The topological polar surface area (TPSA) is 79.3 Å². The van der Waals surface area contributed by atoms with Gasteiger partial charge in [0.15, 0.2) is 9.84 Å². The maximum Gasteiger partial charge on any atom is 0.178 e. The number of benzene rings is 1. The third-order valence-electron chi connectivity index (χ3n) is 3.56. The van der Waals surface area contributed by atoms with Crippen LogP contribution in [0.15, 0.2) is 47.6 Å². The minimum atomic E-state index is -3.58. The molecule has 2 N–H and O–H groups in total. The van der Waals surface area contributed by atoms with Crippen molar-refractivity contribution >= 4 is 9.84 Å². The second-order valence-corrected chi connectivity index (χ2v) is 7.37. The van der Waals surface area contributed by atoms with Crippen LogP contribution in [0.4, 0.5) is 4.39 Å². The molecule has 0 amide bonds. The lowest BCUT2D eigenvalue weighted by molar-refractivity contribution is 0.170. The predicted molar refractivity (Wildman–Crippen MR) is 85.1 cm³/mol. The molecule has 2 aromatic rings. The third kappa shape index (κ3) is 4.57. The van der Waals surface area contributed by atoms with Crippen LogP contribution in [0, 0.1) is 5.82 Å². The van der Waals surface area contributed by atoms with Crippen LogP contribution in [0.5, 0.6) is 0 Å².